The van der Waals surface area contributed by atoms with Gasteiger partial charge in [0.2, 0.25) is 0 Å². The predicted molar refractivity (Wildman–Crippen MR) is 166 cm³/mol. The molecule has 0 spiro atoms. The zero-order chi connectivity index (χ0) is 33.6. The monoisotopic (exact) mass is 655 g/mol. The molecule has 262 valence electrons. The van der Waals surface area contributed by atoms with Crippen LogP contribution in [0.25, 0.3) is 0 Å². The van der Waals surface area contributed by atoms with Crippen LogP contribution < -0.4 is 44.6 Å². The zero-order valence-corrected chi connectivity index (χ0v) is 26.5. The zero-order valence-electron chi connectivity index (χ0n) is 26.5. The molecule has 3 aliphatic carbocycles. The minimum Gasteiger partial charge on any atom is -0.492 e. The maximum Gasteiger partial charge on any atom is 0.254 e. The first kappa shape index (κ1) is 35.2. The topological polar surface area (TPSA) is 304 Å². The number of hydrogen-bond acceptors (Lipinski definition) is 14. The van der Waals surface area contributed by atoms with Gasteiger partial charge in [-0.15, -0.1) is 0 Å². The third kappa shape index (κ3) is 7.14. The van der Waals surface area contributed by atoms with E-state index in [1.165, 1.54) is 6.92 Å². The summed E-state index contributed by atoms with van der Waals surface area (Å²) in [6.45, 7) is 2.25. The number of nitrogens with one attached hydrogen (secondary N) is 3. The Morgan fingerprint density at radius 1 is 1.15 bits per heavy atom. The van der Waals surface area contributed by atoms with Gasteiger partial charge in [-0.3, -0.25) is 4.79 Å². The molecule has 13 atom stereocenters. The van der Waals surface area contributed by atoms with Gasteiger partial charge in [0.25, 0.3) is 5.91 Å². The highest BCUT2D eigenvalue weighted by Gasteiger charge is 2.61. The first-order valence-electron chi connectivity index (χ1n) is 16.1. The predicted octanol–water partition coefficient (Wildman–Crippen LogP) is -5.28. The molecule has 17 nitrogen and oxygen atoms in total. The number of nitrogens with two attached hydrogens (primary N) is 5. The van der Waals surface area contributed by atoms with Crippen LogP contribution in [0.5, 0.6) is 0 Å². The van der Waals surface area contributed by atoms with Crippen LogP contribution in [0.4, 0.5) is 0 Å². The minimum absolute atomic E-state index is 0.0128. The van der Waals surface area contributed by atoms with Gasteiger partial charge in [0.1, 0.15) is 29.7 Å². The maximum atomic E-state index is 13.3. The van der Waals surface area contributed by atoms with Crippen molar-refractivity contribution in [3.63, 3.8) is 0 Å². The summed E-state index contributed by atoms with van der Waals surface area (Å²) in [4.78, 5) is 17.2. The number of aliphatic hydroxyl groups excluding tert-OH is 2. The summed E-state index contributed by atoms with van der Waals surface area (Å²) in [6.07, 6.45) is -1.20. The molecule has 0 bridgehead atoms. The Balaban J connectivity index is 1.39. The molecule has 2 aliphatic heterocycles. The summed E-state index contributed by atoms with van der Waals surface area (Å²) in [5.74, 6) is -0.687. The Bertz CT molecular complexity index is 1150. The van der Waals surface area contributed by atoms with E-state index in [1.54, 1.807) is 7.05 Å². The third-order valence-electron chi connectivity index (χ3n) is 10.3. The number of rotatable bonds is 11. The van der Waals surface area contributed by atoms with Crippen molar-refractivity contribution < 1.29 is 39.4 Å². The molecule has 17 N–H and O–H groups in total. The fraction of sp³-hybridized carbons (Fsp3) is 0.862. The van der Waals surface area contributed by atoms with Crippen LogP contribution in [0.1, 0.15) is 39.0 Å². The van der Waals surface area contributed by atoms with Gasteiger partial charge < -0.3 is 79.3 Å². The third-order valence-corrected chi connectivity index (χ3v) is 10.3. The molecule has 1 amide bonds. The number of guanidine groups is 1. The fourth-order valence-electron chi connectivity index (χ4n) is 7.52. The molecule has 5 aliphatic rings. The number of hydrogen-bond donors (Lipinski definition) is 12. The van der Waals surface area contributed by atoms with Crippen molar-refractivity contribution in [1.82, 2.24) is 16.0 Å². The van der Waals surface area contributed by atoms with Gasteiger partial charge in [-0.1, -0.05) is 0 Å². The molecule has 1 saturated heterocycles. The normalized spacial score (nSPS) is 47.2. The molecule has 0 aromatic rings. The second kappa shape index (κ2) is 13.8. The van der Waals surface area contributed by atoms with Crippen molar-refractivity contribution in [1.29, 1.82) is 0 Å². The number of nitrogens with zero attached hydrogens (tertiary/aromatic N) is 1. The van der Waals surface area contributed by atoms with Crippen molar-refractivity contribution in [2.75, 3.05) is 26.7 Å². The summed E-state index contributed by atoms with van der Waals surface area (Å²) in [6, 6.07) is -3.24. The molecular formula is C29H53N9O8. The molecule has 3 unspecified atom stereocenters. The Morgan fingerprint density at radius 2 is 1.87 bits per heavy atom. The molecule has 0 aromatic carbocycles. The van der Waals surface area contributed by atoms with Crippen LogP contribution in [0.2, 0.25) is 0 Å². The molecule has 46 heavy (non-hydrogen) atoms. The molecule has 17 heteroatoms. The maximum absolute atomic E-state index is 13.3. The van der Waals surface area contributed by atoms with Gasteiger partial charge in [-0.25, -0.2) is 4.99 Å². The molecule has 2 heterocycles. The van der Waals surface area contributed by atoms with E-state index >= 15 is 0 Å². The minimum atomic E-state index is -1.84. The van der Waals surface area contributed by atoms with Crippen LogP contribution >= 0.6 is 0 Å². The molecule has 0 aromatic heterocycles. The van der Waals surface area contributed by atoms with E-state index in [9.17, 15) is 25.2 Å². The van der Waals surface area contributed by atoms with Crippen molar-refractivity contribution in [3.8, 4) is 0 Å². The van der Waals surface area contributed by atoms with Crippen molar-refractivity contribution in [3.05, 3.63) is 11.8 Å². The SMILES string of the molecule is CN[C@@H]1[C@@H](O)[C@@H](O[C@H]2[C@H](NC(=O)C3(O)CC3N=C(N)N)C[C@H](N)C([C@H]3OC(CN)=CC[C@H]3NCC3CC(N)C3)[C@@H]2O)OC[C@]1(C)O. The van der Waals surface area contributed by atoms with Crippen LogP contribution in [0.15, 0.2) is 16.8 Å². The number of likely N-dealkylation sites (N-methyl/N-ethyl adjacent to an activating group) is 1. The second-order valence-corrected chi connectivity index (χ2v) is 13.9. The van der Waals surface area contributed by atoms with E-state index in [0.717, 1.165) is 19.4 Å². The van der Waals surface area contributed by atoms with Crippen molar-refractivity contribution in [2.24, 2.45) is 45.5 Å². The lowest BCUT2D eigenvalue weighted by atomic mass is 9.72. The van der Waals surface area contributed by atoms with Gasteiger partial charge in [-0.05, 0) is 58.2 Å². The Hall–Kier alpha value is -2.16. The lowest BCUT2D eigenvalue weighted by molar-refractivity contribution is -0.297. The Kier molecular flexibility index (Phi) is 10.5. The lowest BCUT2D eigenvalue weighted by Crippen LogP contribution is -2.70. The fourth-order valence-corrected chi connectivity index (χ4v) is 7.52. The second-order valence-electron chi connectivity index (χ2n) is 13.9. The van der Waals surface area contributed by atoms with Crippen LogP contribution in [0.3, 0.4) is 0 Å². The number of carbonyl (C=O) groups is 1. The molecule has 5 rings (SSSR count). The van der Waals surface area contributed by atoms with E-state index < -0.39 is 77.9 Å². The van der Waals surface area contributed by atoms with E-state index in [2.05, 4.69) is 20.9 Å². The van der Waals surface area contributed by atoms with Gasteiger partial charge in [0.05, 0.1) is 37.4 Å². The molecular weight excluding hydrogens is 602 g/mol. The Morgan fingerprint density at radius 3 is 2.50 bits per heavy atom. The van der Waals surface area contributed by atoms with Gasteiger partial charge in [0.15, 0.2) is 17.9 Å². The van der Waals surface area contributed by atoms with Gasteiger partial charge >= 0.3 is 0 Å². The summed E-state index contributed by atoms with van der Waals surface area (Å²) in [5, 5.41) is 54.2. The van der Waals surface area contributed by atoms with Crippen LogP contribution in [-0.4, -0.2) is 137 Å². The number of ether oxygens (including phenoxy) is 3. The van der Waals surface area contributed by atoms with Crippen molar-refractivity contribution in [2.45, 2.75) is 117 Å². The van der Waals surface area contributed by atoms with Crippen molar-refractivity contribution >= 4 is 11.9 Å². The standard InChI is InChI=1S/C29H53N9O8/c1-28(42)11-44-25(21(40)24(28)35-2)46-23-17(37-26(41)29(43)8-18(29)38-27(33)34)7-15(32)19(20(23)39)22-16(4-3-14(9-30)45-22)36-10-12-5-13(31)6-12/h3,12-13,15-25,35-36,39-40,42-43H,4-11,30-32H2,1-2H3,(H,37,41)(H4,33,34,38)/t12?,13?,15-,16+,17+,18?,19?,20-,21+,22-,23-,24+,25+,28-,29?/m0/s1. The largest absolute Gasteiger partial charge is 0.492 e. The van der Waals surface area contributed by atoms with E-state index in [0.29, 0.717) is 18.1 Å². The smallest absolute Gasteiger partial charge is 0.254 e. The summed E-state index contributed by atoms with van der Waals surface area (Å²) in [7, 11) is 1.59. The quantitative estimate of drug-likeness (QED) is 0.0731. The van der Waals surface area contributed by atoms with E-state index in [4.69, 9.17) is 42.9 Å². The summed E-state index contributed by atoms with van der Waals surface area (Å²) in [5.41, 5.74) is 26.3. The highest BCUT2D eigenvalue weighted by atomic mass is 16.7. The molecule has 4 fully saturated rings. The lowest BCUT2D eigenvalue weighted by Gasteiger charge is -2.51. The highest BCUT2D eigenvalue weighted by Crippen LogP contribution is 2.41. The average molecular weight is 656 g/mol. The Labute approximate surface area is 268 Å². The summed E-state index contributed by atoms with van der Waals surface area (Å²) < 4.78 is 18.4. The van der Waals surface area contributed by atoms with E-state index in [-0.39, 0.29) is 44.0 Å². The van der Waals surface area contributed by atoms with Gasteiger partial charge in [-0.2, -0.15) is 0 Å². The number of aliphatic imine (C=N–C) groups is 1. The average Bonchev–Trinajstić information content (AvgIpc) is 3.63. The number of amides is 1. The number of aliphatic hydroxyl groups is 4. The van der Waals surface area contributed by atoms with Crippen LogP contribution in [-0.2, 0) is 19.0 Å². The van der Waals surface area contributed by atoms with E-state index in [1.807, 2.05) is 6.08 Å². The highest BCUT2D eigenvalue weighted by molar-refractivity contribution is 5.90. The summed E-state index contributed by atoms with van der Waals surface area (Å²) >= 11 is 0. The first-order valence-corrected chi connectivity index (χ1v) is 16.1. The molecule has 3 saturated carbocycles. The van der Waals surface area contributed by atoms with Crippen LogP contribution in [0, 0.1) is 11.8 Å². The first-order chi connectivity index (χ1) is 21.7. The number of carbonyl (C=O) groups excluding carboxylic acids is 1. The molecule has 0 radical (unpaired) electrons. The van der Waals surface area contributed by atoms with Gasteiger partial charge in [0, 0.05) is 30.5 Å².